The molecule has 0 unspecified atom stereocenters. The molecule has 4 N–H and O–H groups in total. The van der Waals surface area contributed by atoms with E-state index in [2.05, 4.69) is 5.32 Å². The molecule has 2 aromatic rings. The van der Waals surface area contributed by atoms with Crippen molar-refractivity contribution in [2.24, 2.45) is 0 Å². The van der Waals surface area contributed by atoms with E-state index in [4.69, 9.17) is 17.3 Å². The second-order valence-corrected chi connectivity index (χ2v) is 5.53. The lowest BCUT2D eigenvalue weighted by Crippen LogP contribution is -2.34. The number of aliphatic hydroxyl groups is 1. The lowest BCUT2D eigenvalue weighted by atomic mass is 10.1. The third kappa shape index (κ3) is 2.48. The summed E-state index contributed by atoms with van der Waals surface area (Å²) in [6.45, 7) is 0. The predicted octanol–water partition coefficient (Wildman–Crippen LogP) is 2.31. The Hall–Kier alpha value is -2.04. The number of benzene rings is 2. The summed E-state index contributed by atoms with van der Waals surface area (Å²) < 4.78 is 0. The first-order chi connectivity index (χ1) is 10.1. The first-order valence-electron chi connectivity index (χ1n) is 6.68. The molecule has 0 aliphatic heterocycles. The SMILES string of the molecule is Nc1cccc(Cl)c1C(=O)N[C@@H]1c2ccccc2C[C@@H]1O. The van der Waals surface area contributed by atoms with Crippen molar-refractivity contribution in [1.82, 2.24) is 5.32 Å². The summed E-state index contributed by atoms with van der Waals surface area (Å²) in [5.41, 5.74) is 8.36. The van der Waals surface area contributed by atoms with Crippen LogP contribution in [0.2, 0.25) is 5.02 Å². The quantitative estimate of drug-likeness (QED) is 0.745. The van der Waals surface area contributed by atoms with Crippen LogP contribution >= 0.6 is 11.6 Å². The number of hydrogen-bond acceptors (Lipinski definition) is 3. The van der Waals surface area contributed by atoms with Crippen molar-refractivity contribution >= 4 is 23.2 Å². The number of nitrogen functional groups attached to an aromatic ring is 1. The molecule has 108 valence electrons. The molecule has 0 radical (unpaired) electrons. The Kier molecular flexibility index (Phi) is 3.57. The van der Waals surface area contributed by atoms with Crippen LogP contribution in [0.5, 0.6) is 0 Å². The van der Waals surface area contributed by atoms with Crippen LogP contribution in [-0.2, 0) is 6.42 Å². The molecule has 21 heavy (non-hydrogen) atoms. The molecule has 0 heterocycles. The second kappa shape index (κ2) is 5.39. The van der Waals surface area contributed by atoms with Crippen molar-refractivity contribution in [2.45, 2.75) is 18.6 Å². The van der Waals surface area contributed by atoms with E-state index in [1.807, 2.05) is 24.3 Å². The summed E-state index contributed by atoms with van der Waals surface area (Å²) in [5.74, 6) is -0.376. The van der Waals surface area contributed by atoms with E-state index in [9.17, 15) is 9.90 Å². The van der Waals surface area contributed by atoms with Crippen molar-refractivity contribution in [3.8, 4) is 0 Å². The van der Waals surface area contributed by atoms with E-state index in [0.717, 1.165) is 11.1 Å². The van der Waals surface area contributed by atoms with E-state index in [0.29, 0.717) is 17.1 Å². The zero-order valence-corrected chi connectivity index (χ0v) is 12.0. The second-order valence-electron chi connectivity index (χ2n) is 5.13. The van der Waals surface area contributed by atoms with Crippen LogP contribution in [0.4, 0.5) is 5.69 Å². The van der Waals surface area contributed by atoms with Gasteiger partial charge in [0.15, 0.2) is 0 Å². The Balaban J connectivity index is 1.89. The topological polar surface area (TPSA) is 75.4 Å². The van der Waals surface area contributed by atoms with Crippen molar-refractivity contribution < 1.29 is 9.90 Å². The summed E-state index contributed by atoms with van der Waals surface area (Å²) in [4.78, 5) is 12.4. The smallest absolute Gasteiger partial charge is 0.255 e. The molecule has 1 amide bonds. The Morgan fingerprint density at radius 3 is 2.76 bits per heavy atom. The summed E-state index contributed by atoms with van der Waals surface area (Å²) in [6, 6.07) is 12.2. The van der Waals surface area contributed by atoms with Gasteiger partial charge in [-0.25, -0.2) is 0 Å². The number of hydrogen-bond donors (Lipinski definition) is 3. The monoisotopic (exact) mass is 302 g/mol. The van der Waals surface area contributed by atoms with Gasteiger partial charge in [-0.3, -0.25) is 4.79 Å². The molecular weight excluding hydrogens is 288 g/mol. The van der Waals surface area contributed by atoms with E-state index >= 15 is 0 Å². The molecule has 0 fully saturated rings. The highest BCUT2D eigenvalue weighted by Crippen LogP contribution is 2.32. The summed E-state index contributed by atoms with van der Waals surface area (Å²) in [5, 5.41) is 13.3. The average Bonchev–Trinajstić information content (AvgIpc) is 2.75. The maximum absolute atomic E-state index is 12.4. The fourth-order valence-corrected chi connectivity index (χ4v) is 3.01. The van der Waals surface area contributed by atoms with Gasteiger partial charge in [-0.2, -0.15) is 0 Å². The van der Waals surface area contributed by atoms with Gasteiger partial charge in [0.05, 0.1) is 22.7 Å². The number of nitrogens with one attached hydrogen (secondary N) is 1. The highest BCUT2D eigenvalue weighted by atomic mass is 35.5. The van der Waals surface area contributed by atoms with Gasteiger partial charge in [0.2, 0.25) is 0 Å². The number of carbonyl (C=O) groups is 1. The van der Waals surface area contributed by atoms with Crippen molar-refractivity contribution in [1.29, 1.82) is 0 Å². The van der Waals surface area contributed by atoms with Crippen LogP contribution < -0.4 is 11.1 Å². The molecule has 2 aromatic carbocycles. The van der Waals surface area contributed by atoms with E-state index < -0.39 is 12.1 Å². The molecule has 0 saturated carbocycles. The Morgan fingerprint density at radius 2 is 2.00 bits per heavy atom. The summed E-state index contributed by atoms with van der Waals surface area (Å²) in [7, 11) is 0. The van der Waals surface area contributed by atoms with E-state index in [-0.39, 0.29) is 11.5 Å². The summed E-state index contributed by atoms with van der Waals surface area (Å²) in [6.07, 6.45) is -0.117. The van der Waals surface area contributed by atoms with E-state index in [1.54, 1.807) is 18.2 Å². The number of amides is 1. The zero-order valence-electron chi connectivity index (χ0n) is 11.2. The molecule has 3 rings (SSSR count). The van der Waals surface area contributed by atoms with Crippen LogP contribution in [0.15, 0.2) is 42.5 Å². The third-order valence-corrected chi connectivity index (χ3v) is 4.08. The van der Waals surface area contributed by atoms with E-state index in [1.165, 1.54) is 0 Å². The van der Waals surface area contributed by atoms with Crippen molar-refractivity contribution in [3.63, 3.8) is 0 Å². The maximum atomic E-state index is 12.4. The molecule has 0 aromatic heterocycles. The average molecular weight is 303 g/mol. The number of anilines is 1. The van der Waals surface area contributed by atoms with Gasteiger partial charge in [0, 0.05) is 12.1 Å². The number of nitrogens with two attached hydrogens (primary N) is 1. The van der Waals surface area contributed by atoms with Gasteiger partial charge >= 0.3 is 0 Å². The van der Waals surface area contributed by atoms with Crippen molar-refractivity contribution in [3.05, 3.63) is 64.2 Å². The molecular formula is C16H15ClN2O2. The Labute approximate surface area is 127 Å². The van der Waals surface area contributed by atoms with Crippen molar-refractivity contribution in [2.75, 3.05) is 5.73 Å². The number of halogens is 1. The van der Waals surface area contributed by atoms with Gasteiger partial charge in [-0.05, 0) is 23.3 Å². The number of carbonyl (C=O) groups excluding carboxylic acids is 1. The fraction of sp³-hybridized carbons (Fsp3) is 0.188. The van der Waals surface area contributed by atoms with Crippen LogP contribution in [0.3, 0.4) is 0 Å². The Bertz CT molecular complexity index is 682. The molecule has 4 nitrogen and oxygen atoms in total. The van der Waals surface area contributed by atoms with Gasteiger partial charge < -0.3 is 16.2 Å². The molecule has 1 aliphatic carbocycles. The fourth-order valence-electron chi connectivity index (χ4n) is 2.74. The minimum absolute atomic E-state index is 0.246. The third-order valence-electron chi connectivity index (χ3n) is 3.76. The molecule has 0 spiro atoms. The summed E-state index contributed by atoms with van der Waals surface area (Å²) >= 11 is 6.04. The first-order valence-corrected chi connectivity index (χ1v) is 7.06. The first kappa shape index (κ1) is 13.9. The highest BCUT2D eigenvalue weighted by molar-refractivity contribution is 6.34. The number of fused-ring (bicyclic) bond motifs is 1. The lowest BCUT2D eigenvalue weighted by molar-refractivity contribution is 0.0859. The van der Waals surface area contributed by atoms with Crippen LogP contribution in [0.1, 0.15) is 27.5 Å². The highest BCUT2D eigenvalue weighted by Gasteiger charge is 2.32. The van der Waals surface area contributed by atoms with Gasteiger partial charge in [-0.1, -0.05) is 41.9 Å². The number of aliphatic hydroxyl groups excluding tert-OH is 1. The molecule has 2 atom stereocenters. The van der Waals surface area contributed by atoms with Crippen LogP contribution in [0.25, 0.3) is 0 Å². The molecule has 0 saturated heterocycles. The van der Waals surface area contributed by atoms with Gasteiger partial charge in [0.25, 0.3) is 5.91 Å². The van der Waals surface area contributed by atoms with Gasteiger partial charge in [0.1, 0.15) is 0 Å². The largest absolute Gasteiger partial charge is 0.398 e. The zero-order chi connectivity index (χ0) is 15.0. The molecule has 5 heteroatoms. The normalized spacial score (nSPS) is 20.1. The van der Waals surface area contributed by atoms with Crippen LogP contribution in [-0.4, -0.2) is 17.1 Å². The number of rotatable bonds is 2. The Morgan fingerprint density at radius 1 is 1.24 bits per heavy atom. The predicted molar refractivity (Wildman–Crippen MR) is 82.2 cm³/mol. The molecule has 0 bridgehead atoms. The van der Waals surface area contributed by atoms with Crippen LogP contribution in [0, 0.1) is 0 Å². The molecule has 1 aliphatic rings. The minimum atomic E-state index is -0.643. The maximum Gasteiger partial charge on any atom is 0.255 e. The van der Waals surface area contributed by atoms with Gasteiger partial charge in [-0.15, -0.1) is 0 Å². The standard InChI is InChI=1S/C16H15ClN2O2/c17-11-6-3-7-12(18)14(11)16(21)19-15-10-5-2-1-4-9(10)8-13(15)20/h1-7,13,15,20H,8,18H2,(H,19,21)/t13-,15+/m0/s1. The minimum Gasteiger partial charge on any atom is -0.398 e. The lowest BCUT2D eigenvalue weighted by Gasteiger charge is -2.19.